The second-order valence-electron chi connectivity index (χ2n) is 3.57. The van der Waals surface area contributed by atoms with Crippen LogP contribution in [0.3, 0.4) is 0 Å². The van der Waals surface area contributed by atoms with Gasteiger partial charge in [0.25, 0.3) is 5.91 Å². The quantitative estimate of drug-likeness (QED) is 0.600. The Kier molecular flexibility index (Phi) is 4.51. The summed E-state index contributed by atoms with van der Waals surface area (Å²) in [5.74, 6) is -0.912. The fourth-order valence-electron chi connectivity index (χ4n) is 1.32. The lowest BCUT2D eigenvalue weighted by Gasteiger charge is -2.08. The van der Waals surface area contributed by atoms with Crippen molar-refractivity contribution in [3.63, 3.8) is 0 Å². The van der Waals surface area contributed by atoms with Crippen molar-refractivity contribution in [1.29, 1.82) is 0 Å². The normalized spacial score (nSPS) is 9.76. The Morgan fingerprint density at radius 2 is 2.12 bits per heavy atom. The molecule has 0 radical (unpaired) electrons. The Balaban J connectivity index is 2.64. The van der Waals surface area contributed by atoms with E-state index in [4.69, 9.17) is 10.5 Å². The van der Waals surface area contributed by atoms with Crippen LogP contribution in [0.4, 0.5) is 5.69 Å². The number of nitrogens with two attached hydrogens (primary N) is 1. The van der Waals surface area contributed by atoms with Crippen molar-refractivity contribution in [2.24, 2.45) is 0 Å². The van der Waals surface area contributed by atoms with Crippen LogP contribution in [0.15, 0.2) is 18.2 Å². The second-order valence-corrected chi connectivity index (χ2v) is 3.57. The third-order valence-corrected chi connectivity index (χ3v) is 2.25. The van der Waals surface area contributed by atoms with Gasteiger partial charge in [0, 0.05) is 12.2 Å². The van der Waals surface area contributed by atoms with Crippen LogP contribution in [-0.4, -0.2) is 25.0 Å². The van der Waals surface area contributed by atoms with Crippen LogP contribution in [-0.2, 0) is 9.53 Å². The summed E-state index contributed by atoms with van der Waals surface area (Å²) in [6, 6.07) is 5.09. The largest absolute Gasteiger partial charge is 0.452 e. The molecule has 0 fully saturated rings. The number of amides is 1. The van der Waals surface area contributed by atoms with Crippen molar-refractivity contribution in [3.05, 3.63) is 29.3 Å². The van der Waals surface area contributed by atoms with E-state index < -0.39 is 5.97 Å². The van der Waals surface area contributed by atoms with Crippen LogP contribution in [0.2, 0.25) is 0 Å². The highest BCUT2D eigenvalue weighted by Crippen LogP contribution is 2.17. The number of nitrogens with one attached hydrogen (secondary N) is 1. The number of nitrogen functional groups attached to an aromatic ring is 1. The lowest BCUT2D eigenvalue weighted by Crippen LogP contribution is -2.28. The number of esters is 1. The molecule has 1 aromatic carbocycles. The molecule has 5 heteroatoms. The maximum absolute atomic E-state index is 11.6. The van der Waals surface area contributed by atoms with Crippen molar-refractivity contribution >= 4 is 17.6 Å². The maximum Gasteiger partial charge on any atom is 0.340 e. The van der Waals surface area contributed by atoms with Crippen LogP contribution in [0, 0.1) is 6.92 Å². The van der Waals surface area contributed by atoms with Gasteiger partial charge in [-0.05, 0) is 25.5 Å². The number of para-hydroxylation sites is 1. The Morgan fingerprint density at radius 1 is 1.41 bits per heavy atom. The monoisotopic (exact) mass is 236 g/mol. The maximum atomic E-state index is 11.6. The highest BCUT2D eigenvalue weighted by atomic mass is 16.5. The van der Waals surface area contributed by atoms with Gasteiger partial charge in [0.15, 0.2) is 6.61 Å². The minimum Gasteiger partial charge on any atom is -0.452 e. The Hall–Kier alpha value is -2.04. The molecule has 92 valence electrons. The second kappa shape index (κ2) is 5.89. The van der Waals surface area contributed by atoms with E-state index in [-0.39, 0.29) is 18.1 Å². The van der Waals surface area contributed by atoms with Crippen molar-refractivity contribution in [1.82, 2.24) is 5.32 Å². The Labute approximate surface area is 99.9 Å². The first-order valence-corrected chi connectivity index (χ1v) is 5.35. The number of aryl methyl sites for hydroxylation is 1. The number of benzene rings is 1. The topological polar surface area (TPSA) is 81.4 Å². The van der Waals surface area contributed by atoms with Gasteiger partial charge in [-0.15, -0.1) is 0 Å². The molecule has 0 bridgehead atoms. The Bertz CT molecular complexity index is 430. The van der Waals surface area contributed by atoms with E-state index in [1.807, 2.05) is 0 Å². The highest BCUT2D eigenvalue weighted by Gasteiger charge is 2.13. The Morgan fingerprint density at radius 3 is 2.76 bits per heavy atom. The van der Waals surface area contributed by atoms with Gasteiger partial charge in [0.1, 0.15) is 0 Å². The van der Waals surface area contributed by atoms with Crippen LogP contribution < -0.4 is 11.1 Å². The fourth-order valence-corrected chi connectivity index (χ4v) is 1.32. The van der Waals surface area contributed by atoms with Crippen molar-refractivity contribution in [2.45, 2.75) is 13.8 Å². The molecule has 0 aliphatic rings. The lowest BCUT2D eigenvalue weighted by atomic mass is 10.1. The number of carbonyl (C=O) groups excluding carboxylic acids is 2. The van der Waals surface area contributed by atoms with Crippen LogP contribution in [0.5, 0.6) is 0 Å². The van der Waals surface area contributed by atoms with E-state index in [0.717, 1.165) is 5.56 Å². The lowest BCUT2D eigenvalue weighted by molar-refractivity contribution is -0.124. The minimum absolute atomic E-state index is 0.286. The number of carbonyl (C=O) groups is 2. The molecule has 0 heterocycles. The molecule has 17 heavy (non-hydrogen) atoms. The molecule has 0 aromatic heterocycles. The van der Waals surface area contributed by atoms with E-state index in [1.165, 1.54) is 0 Å². The summed E-state index contributed by atoms with van der Waals surface area (Å²) in [6.07, 6.45) is 0. The van der Waals surface area contributed by atoms with Gasteiger partial charge in [-0.2, -0.15) is 0 Å². The molecular formula is C12H16N2O3. The highest BCUT2D eigenvalue weighted by molar-refractivity contribution is 5.96. The first-order valence-electron chi connectivity index (χ1n) is 5.35. The van der Waals surface area contributed by atoms with Gasteiger partial charge < -0.3 is 15.8 Å². The van der Waals surface area contributed by atoms with E-state index in [2.05, 4.69) is 5.32 Å². The van der Waals surface area contributed by atoms with E-state index >= 15 is 0 Å². The predicted octanol–water partition coefficient (Wildman–Crippen LogP) is 0.870. The van der Waals surface area contributed by atoms with Gasteiger partial charge >= 0.3 is 5.97 Å². The van der Waals surface area contributed by atoms with Gasteiger partial charge in [0.05, 0.1) is 5.56 Å². The summed E-state index contributed by atoms with van der Waals surface area (Å²) in [4.78, 5) is 22.8. The van der Waals surface area contributed by atoms with Crippen molar-refractivity contribution < 1.29 is 14.3 Å². The molecular weight excluding hydrogens is 220 g/mol. The summed E-state index contributed by atoms with van der Waals surface area (Å²) < 4.78 is 4.85. The number of ether oxygens (including phenoxy) is 1. The number of rotatable bonds is 4. The molecule has 0 aliphatic heterocycles. The van der Waals surface area contributed by atoms with Crippen molar-refractivity contribution in [3.8, 4) is 0 Å². The average molecular weight is 236 g/mol. The molecule has 0 atom stereocenters. The third kappa shape index (κ3) is 3.48. The molecule has 5 nitrogen and oxygen atoms in total. The first-order chi connectivity index (χ1) is 8.06. The van der Waals surface area contributed by atoms with Gasteiger partial charge in [-0.3, -0.25) is 4.79 Å². The number of likely N-dealkylation sites (N-methyl/N-ethyl adjacent to an activating group) is 1. The van der Waals surface area contributed by atoms with E-state index in [1.54, 1.807) is 32.0 Å². The average Bonchev–Trinajstić information content (AvgIpc) is 2.30. The van der Waals surface area contributed by atoms with Crippen LogP contribution >= 0.6 is 0 Å². The zero-order valence-corrected chi connectivity index (χ0v) is 9.95. The van der Waals surface area contributed by atoms with Crippen LogP contribution in [0.1, 0.15) is 22.8 Å². The SMILES string of the molecule is CCNC(=O)COC(=O)c1cccc(C)c1N. The van der Waals surface area contributed by atoms with Crippen molar-refractivity contribution in [2.75, 3.05) is 18.9 Å². The van der Waals surface area contributed by atoms with Gasteiger partial charge in [0.2, 0.25) is 0 Å². The summed E-state index contributed by atoms with van der Waals surface area (Å²) in [5, 5.41) is 2.53. The van der Waals surface area contributed by atoms with Gasteiger partial charge in [-0.25, -0.2) is 4.79 Å². The first kappa shape index (κ1) is 13.0. The summed E-state index contributed by atoms with van der Waals surface area (Å²) in [6.45, 7) is 3.80. The van der Waals surface area contributed by atoms with Gasteiger partial charge in [-0.1, -0.05) is 12.1 Å². The molecule has 0 unspecified atom stereocenters. The molecule has 0 aliphatic carbocycles. The molecule has 0 saturated heterocycles. The molecule has 3 N–H and O–H groups in total. The zero-order valence-electron chi connectivity index (χ0n) is 9.95. The van der Waals surface area contributed by atoms with Crippen LogP contribution in [0.25, 0.3) is 0 Å². The number of anilines is 1. The summed E-state index contributed by atoms with van der Waals surface area (Å²) >= 11 is 0. The van der Waals surface area contributed by atoms with E-state index in [9.17, 15) is 9.59 Å². The summed E-state index contributed by atoms with van der Waals surface area (Å²) in [7, 11) is 0. The standard InChI is InChI=1S/C12H16N2O3/c1-3-14-10(15)7-17-12(16)9-6-4-5-8(2)11(9)13/h4-6H,3,7,13H2,1-2H3,(H,14,15). The minimum atomic E-state index is -0.586. The predicted molar refractivity (Wildman–Crippen MR) is 64.6 cm³/mol. The number of hydrogen-bond acceptors (Lipinski definition) is 4. The number of hydrogen-bond donors (Lipinski definition) is 2. The molecule has 1 amide bonds. The zero-order chi connectivity index (χ0) is 12.8. The smallest absolute Gasteiger partial charge is 0.340 e. The molecule has 1 rings (SSSR count). The molecule has 1 aromatic rings. The third-order valence-electron chi connectivity index (χ3n) is 2.25. The summed E-state index contributed by atoms with van der Waals surface area (Å²) in [5.41, 5.74) is 7.22. The molecule has 0 saturated carbocycles. The molecule has 0 spiro atoms. The van der Waals surface area contributed by atoms with E-state index in [0.29, 0.717) is 12.2 Å². The fraction of sp³-hybridized carbons (Fsp3) is 0.333.